The van der Waals surface area contributed by atoms with E-state index in [1.807, 2.05) is 11.8 Å². The van der Waals surface area contributed by atoms with Crippen LogP contribution in [0.5, 0.6) is 0 Å². The van der Waals surface area contributed by atoms with Crippen LogP contribution >= 0.6 is 11.3 Å². The number of nitrogens with zero attached hydrogens (tertiary/aromatic N) is 1. The van der Waals surface area contributed by atoms with Crippen molar-refractivity contribution in [1.29, 1.82) is 0 Å². The molecule has 5 nitrogen and oxygen atoms in total. The summed E-state index contributed by atoms with van der Waals surface area (Å²) in [5.41, 5.74) is 0.447. The number of esters is 1. The van der Waals surface area contributed by atoms with Gasteiger partial charge in [-0.2, -0.15) is 0 Å². The highest BCUT2D eigenvalue weighted by Crippen LogP contribution is 2.28. The summed E-state index contributed by atoms with van der Waals surface area (Å²) < 4.78 is 5.03. The first-order valence-electron chi connectivity index (χ1n) is 7.45. The minimum Gasteiger partial charge on any atom is -0.462 e. The van der Waals surface area contributed by atoms with E-state index in [4.69, 9.17) is 4.74 Å². The number of likely N-dealkylation sites (tertiary alicyclic amines) is 1. The monoisotopic (exact) mass is 310 g/mol. The lowest BCUT2D eigenvalue weighted by Crippen LogP contribution is -2.35. The van der Waals surface area contributed by atoms with E-state index in [0.717, 1.165) is 30.8 Å². The molecule has 2 amide bonds. The fourth-order valence-electron chi connectivity index (χ4n) is 2.42. The molecule has 1 N–H and O–H groups in total. The number of carbonyl (C=O) groups excluding carboxylic acids is 2. The summed E-state index contributed by atoms with van der Waals surface area (Å²) in [5.74, 6) is -0.381. The fourth-order valence-corrected chi connectivity index (χ4v) is 3.31. The highest BCUT2D eigenvalue weighted by atomic mass is 32.1. The molecule has 1 aromatic heterocycles. The maximum atomic E-state index is 12.3. The lowest BCUT2D eigenvalue weighted by Gasteiger charge is -2.20. The minimum absolute atomic E-state index is 0.121. The summed E-state index contributed by atoms with van der Waals surface area (Å²) in [6.45, 7) is 5.57. The van der Waals surface area contributed by atoms with Gasteiger partial charge in [-0.05, 0) is 32.8 Å². The zero-order chi connectivity index (χ0) is 15.2. The summed E-state index contributed by atoms with van der Waals surface area (Å²) in [6.07, 6.45) is 4.44. The first-order chi connectivity index (χ1) is 10.1. The molecule has 0 spiro atoms. The summed E-state index contributed by atoms with van der Waals surface area (Å²) in [6, 6.07) is 1.64. The summed E-state index contributed by atoms with van der Waals surface area (Å²) in [5, 5.41) is 3.46. The zero-order valence-electron chi connectivity index (χ0n) is 12.6. The Morgan fingerprint density at radius 3 is 2.57 bits per heavy atom. The maximum Gasteiger partial charge on any atom is 0.341 e. The average Bonchev–Trinajstić information content (AvgIpc) is 2.67. The van der Waals surface area contributed by atoms with Gasteiger partial charge in [0.05, 0.1) is 12.2 Å². The van der Waals surface area contributed by atoms with Crippen molar-refractivity contribution in [3.63, 3.8) is 0 Å². The Balaban J connectivity index is 2.07. The van der Waals surface area contributed by atoms with Crippen LogP contribution in [0.4, 0.5) is 9.80 Å². The van der Waals surface area contributed by atoms with Crippen molar-refractivity contribution in [2.24, 2.45) is 0 Å². The molecule has 1 aromatic rings. The zero-order valence-corrected chi connectivity index (χ0v) is 13.4. The van der Waals surface area contributed by atoms with E-state index in [-0.39, 0.29) is 12.0 Å². The SMILES string of the molecule is CCOC(=O)c1cc(C)sc1NC(=O)N1CCCCCC1. The van der Waals surface area contributed by atoms with E-state index >= 15 is 0 Å². The highest BCUT2D eigenvalue weighted by molar-refractivity contribution is 7.16. The van der Waals surface area contributed by atoms with Crippen LogP contribution in [-0.4, -0.2) is 36.6 Å². The van der Waals surface area contributed by atoms with Crippen LogP contribution in [0, 0.1) is 6.92 Å². The third kappa shape index (κ3) is 4.20. The predicted octanol–water partition coefficient (Wildman–Crippen LogP) is 3.64. The third-order valence-corrected chi connectivity index (χ3v) is 4.43. The van der Waals surface area contributed by atoms with Crippen LogP contribution in [0.1, 0.15) is 47.8 Å². The Labute approximate surface area is 129 Å². The van der Waals surface area contributed by atoms with Gasteiger partial charge < -0.3 is 9.64 Å². The number of thiophene rings is 1. The minimum atomic E-state index is -0.381. The normalized spacial score (nSPS) is 15.4. The van der Waals surface area contributed by atoms with Crippen molar-refractivity contribution < 1.29 is 14.3 Å². The first-order valence-corrected chi connectivity index (χ1v) is 8.27. The van der Waals surface area contributed by atoms with E-state index in [2.05, 4.69) is 5.32 Å². The number of anilines is 1. The fraction of sp³-hybridized carbons (Fsp3) is 0.600. The number of hydrogen-bond acceptors (Lipinski definition) is 4. The molecule has 2 heterocycles. The molecule has 0 bridgehead atoms. The van der Waals surface area contributed by atoms with E-state index in [9.17, 15) is 9.59 Å². The number of hydrogen-bond donors (Lipinski definition) is 1. The van der Waals surface area contributed by atoms with Crippen LogP contribution < -0.4 is 5.32 Å². The molecule has 0 atom stereocenters. The molecule has 0 aromatic carbocycles. The van der Waals surface area contributed by atoms with Gasteiger partial charge in [-0.3, -0.25) is 5.32 Å². The number of urea groups is 1. The number of aryl methyl sites for hydroxylation is 1. The van der Waals surface area contributed by atoms with Crippen LogP contribution in [-0.2, 0) is 4.74 Å². The van der Waals surface area contributed by atoms with E-state index < -0.39 is 0 Å². The molecule has 21 heavy (non-hydrogen) atoms. The Hall–Kier alpha value is -1.56. The van der Waals surface area contributed by atoms with Gasteiger partial charge in [-0.15, -0.1) is 11.3 Å². The summed E-state index contributed by atoms with van der Waals surface area (Å²) in [7, 11) is 0. The molecule has 2 rings (SSSR count). The quantitative estimate of drug-likeness (QED) is 0.867. The second-order valence-corrected chi connectivity index (χ2v) is 6.41. The van der Waals surface area contributed by atoms with Gasteiger partial charge in [0.25, 0.3) is 0 Å². The highest BCUT2D eigenvalue weighted by Gasteiger charge is 2.21. The van der Waals surface area contributed by atoms with Gasteiger partial charge >= 0.3 is 12.0 Å². The van der Waals surface area contributed by atoms with Crippen molar-refractivity contribution in [2.75, 3.05) is 25.0 Å². The average molecular weight is 310 g/mol. The molecule has 1 aliphatic rings. The van der Waals surface area contributed by atoms with Crippen molar-refractivity contribution >= 4 is 28.3 Å². The van der Waals surface area contributed by atoms with Crippen LogP contribution in [0.25, 0.3) is 0 Å². The molecule has 0 aliphatic carbocycles. The van der Waals surface area contributed by atoms with Gasteiger partial charge in [0.2, 0.25) is 0 Å². The smallest absolute Gasteiger partial charge is 0.341 e. The second-order valence-electron chi connectivity index (χ2n) is 5.15. The first kappa shape index (κ1) is 15.8. The maximum absolute atomic E-state index is 12.3. The van der Waals surface area contributed by atoms with E-state index in [1.54, 1.807) is 13.0 Å². The standard InChI is InChI=1S/C15H22N2O3S/c1-3-20-14(18)12-10-11(2)21-13(12)16-15(19)17-8-6-4-5-7-9-17/h10H,3-9H2,1-2H3,(H,16,19). The predicted molar refractivity (Wildman–Crippen MR) is 84.1 cm³/mol. The Morgan fingerprint density at radius 2 is 1.95 bits per heavy atom. The van der Waals surface area contributed by atoms with Gasteiger partial charge in [-0.25, -0.2) is 9.59 Å². The van der Waals surface area contributed by atoms with Gasteiger partial charge in [0.15, 0.2) is 0 Å². The number of ether oxygens (including phenoxy) is 1. The van der Waals surface area contributed by atoms with Gasteiger partial charge in [0, 0.05) is 18.0 Å². The van der Waals surface area contributed by atoms with Crippen molar-refractivity contribution in [1.82, 2.24) is 4.90 Å². The van der Waals surface area contributed by atoms with Crippen LogP contribution in [0.2, 0.25) is 0 Å². The number of carbonyl (C=O) groups is 2. The Morgan fingerprint density at radius 1 is 1.29 bits per heavy atom. The largest absolute Gasteiger partial charge is 0.462 e. The lowest BCUT2D eigenvalue weighted by molar-refractivity contribution is 0.0528. The van der Waals surface area contributed by atoms with E-state index in [1.165, 1.54) is 24.2 Å². The van der Waals surface area contributed by atoms with Crippen molar-refractivity contribution in [2.45, 2.75) is 39.5 Å². The van der Waals surface area contributed by atoms with Crippen molar-refractivity contribution in [3.8, 4) is 0 Å². The molecule has 1 saturated heterocycles. The molecule has 0 unspecified atom stereocenters. The van der Waals surface area contributed by atoms with Gasteiger partial charge in [0.1, 0.15) is 5.00 Å². The molecular formula is C15H22N2O3S. The Kier molecular flexibility index (Phi) is 5.61. The second kappa shape index (κ2) is 7.45. The molecule has 6 heteroatoms. The molecule has 116 valence electrons. The number of nitrogens with one attached hydrogen (secondary N) is 1. The Bertz CT molecular complexity index is 505. The third-order valence-electron chi connectivity index (χ3n) is 3.46. The van der Waals surface area contributed by atoms with Crippen LogP contribution in [0.3, 0.4) is 0 Å². The van der Waals surface area contributed by atoms with E-state index in [0.29, 0.717) is 17.2 Å². The molecule has 1 fully saturated rings. The molecule has 0 saturated carbocycles. The van der Waals surface area contributed by atoms with Crippen molar-refractivity contribution in [3.05, 3.63) is 16.5 Å². The topological polar surface area (TPSA) is 58.6 Å². The molecule has 1 aliphatic heterocycles. The summed E-state index contributed by atoms with van der Waals surface area (Å²) >= 11 is 1.41. The lowest BCUT2D eigenvalue weighted by atomic mass is 10.2. The molecule has 0 radical (unpaired) electrons. The van der Waals surface area contributed by atoms with Crippen LogP contribution in [0.15, 0.2) is 6.07 Å². The number of amides is 2. The molecular weight excluding hydrogens is 288 g/mol. The van der Waals surface area contributed by atoms with Gasteiger partial charge in [-0.1, -0.05) is 12.8 Å². The number of rotatable bonds is 3. The summed E-state index contributed by atoms with van der Waals surface area (Å²) in [4.78, 5) is 27.0.